The summed E-state index contributed by atoms with van der Waals surface area (Å²) in [6.45, 7) is 2.23. The summed E-state index contributed by atoms with van der Waals surface area (Å²) in [6, 6.07) is 0. The zero-order chi connectivity index (χ0) is 27.0. The first kappa shape index (κ1) is 34.4. The van der Waals surface area contributed by atoms with Crippen LogP contribution in [0.3, 0.4) is 0 Å². The van der Waals surface area contributed by atoms with Crippen LogP contribution in [0.15, 0.2) is 11.6 Å². The highest BCUT2D eigenvalue weighted by atomic mass is 32.1. The van der Waals surface area contributed by atoms with Crippen molar-refractivity contribution in [2.24, 2.45) is 0 Å². The molecule has 1 aromatic heterocycles. The quantitative estimate of drug-likeness (QED) is 0.0879. The molecule has 1 N–H and O–H groups in total. The first-order valence-corrected chi connectivity index (χ1v) is 16.5. The topological polar surface area (TPSA) is 104 Å². The molecule has 0 aliphatic heterocycles. The SMILES string of the molecule is CCCCCCCCCCCCCCCCC(=O)COCC(COP(=O)(O)OCCc1nccs1)OC. The Bertz CT molecular complexity index is 705. The molecule has 0 fully saturated rings. The normalized spacial score (nSPS) is 14.0. The van der Waals surface area contributed by atoms with Gasteiger partial charge in [-0.1, -0.05) is 90.4 Å². The fourth-order valence-electron chi connectivity index (χ4n) is 3.92. The number of phosphoric acid groups is 1. The molecule has 1 rings (SSSR count). The molecule has 0 radical (unpaired) electrons. The molecule has 0 saturated heterocycles. The zero-order valence-electron chi connectivity index (χ0n) is 23.1. The average Bonchev–Trinajstić information content (AvgIpc) is 3.39. The van der Waals surface area contributed by atoms with E-state index in [2.05, 4.69) is 11.9 Å². The molecule has 10 heteroatoms. The second-order valence-corrected chi connectivity index (χ2v) is 12.0. The Labute approximate surface area is 228 Å². The zero-order valence-corrected chi connectivity index (χ0v) is 24.8. The summed E-state index contributed by atoms with van der Waals surface area (Å²) in [5, 5.41) is 2.65. The lowest BCUT2D eigenvalue weighted by atomic mass is 10.0. The van der Waals surface area contributed by atoms with Crippen LogP contribution in [0, 0.1) is 0 Å². The first-order chi connectivity index (χ1) is 18.0. The fourth-order valence-corrected chi connectivity index (χ4v) is 5.27. The average molecular weight is 564 g/mol. The van der Waals surface area contributed by atoms with E-state index in [4.69, 9.17) is 18.5 Å². The first-order valence-electron chi connectivity index (χ1n) is 14.1. The molecular weight excluding hydrogens is 513 g/mol. The molecule has 8 nitrogen and oxygen atoms in total. The monoisotopic (exact) mass is 563 g/mol. The van der Waals surface area contributed by atoms with E-state index in [9.17, 15) is 14.3 Å². The van der Waals surface area contributed by atoms with Gasteiger partial charge in [-0.25, -0.2) is 9.55 Å². The Balaban J connectivity index is 1.94. The van der Waals surface area contributed by atoms with E-state index in [1.165, 1.54) is 95.5 Å². The molecule has 2 unspecified atom stereocenters. The largest absolute Gasteiger partial charge is 0.472 e. The van der Waals surface area contributed by atoms with Gasteiger partial charge in [0.15, 0.2) is 5.78 Å². The number of Topliss-reactive ketones (excluding diaryl/α,β-unsaturated/α-hetero) is 1. The number of hydrogen-bond acceptors (Lipinski definition) is 8. The van der Waals surface area contributed by atoms with E-state index in [-0.39, 0.29) is 32.2 Å². The molecule has 0 saturated carbocycles. The lowest BCUT2D eigenvalue weighted by Gasteiger charge is -2.18. The van der Waals surface area contributed by atoms with Crippen LogP contribution in [0.4, 0.5) is 0 Å². The van der Waals surface area contributed by atoms with Crippen LogP contribution in [0.2, 0.25) is 0 Å². The highest BCUT2D eigenvalue weighted by Gasteiger charge is 2.23. The number of rotatable bonds is 27. The number of phosphoric ester groups is 1. The Hall–Kier alpha value is -0.670. The summed E-state index contributed by atoms with van der Waals surface area (Å²) in [4.78, 5) is 25.9. The maximum Gasteiger partial charge on any atom is 0.472 e. The lowest BCUT2D eigenvalue weighted by Crippen LogP contribution is -2.25. The van der Waals surface area contributed by atoms with Crippen LogP contribution in [-0.4, -0.2) is 55.3 Å². The van der Waals surface area contributed by atoms with E-state index in [1.807, 2.05) is 5.38 Å². The number of nitrogens with zero attached hydrogens (tertiary/aromatic N) is 1. The molecule has 0 spiro atoms. The van der Waals surface area contributed by atoms with Crippen molar-refractivity contribution in [1.29, 1.82) is 0 Å². The van der Waals surface area contributed by atoms with Crippen molar-refractivity contribution in [3.05, 3.63) is 16.6 Å². The van der Waals surface area contributed by atoms with Crippen LogP contribution in [0.25, 0.3) is 0 Å². The molecule has 0 amide bonds. The van der Waals surface area contributed by atoms with Gasteiger partial charge in [0, 0.05) is 31.5 Å². The number of carbonyl (C=O) groups excluding carboxylic acids is 1. The van der Waals surface area contributed by atoms with Crippen molar-refractivity contribution < 1.29 is 32.8 Å². The van der Waals surface area contributed by atoms with Gasteiger partial charge in [-0.05, 0) is 6.42 Å². The van der Waals surface area contributed by atoms with E-state index in [0.29, 0.717) is 12.8 Å². The molecule has 37 heavy (non-hydrogen) atoms. The summed E-state index contributed by atoms with van der Waals surface area (Å²) in [5.74, 6) is 0.0630. The Morgan fingerprint density at radius 1 is 0.946 bits per heavy atom. The minimum atomic E-state index is -4.19. The highest BCUT2D eigenvalue weighted by Crippen LogP contribution is 2.43. The van der Waals surface area contributed by atoms with Gasteiger partial charge in [0.2, 0.25) is 0 Å². The lowest BCUT2D eigenvalue weighted by molar-refractivity contribution is -0.125. The van der Waals surface area contributed by atoms with Crippen LogP contribution in [0.5, 0.6) is 0 Å². The van der Waals surface area contributed by atoms with Crippen molar-refractivity contribution in [2.45, 2.75) is 116 Å². The third-order valence-electron chi connectivity index (χ3n) is 6.19. The van der Waals surface area contributed by atoms with Gasteiger partial charge in [-0.2, -0.15) is 0 Å². The van der Waals surface area contributed by atoms with Gasteiger partial charge in [-0.15, -0.1) is 11.3 Å². The number of unbranched alkanes of at least 4 members (excludes halogenated alkanes) is 13. The Morgan fingerprint density at radius 2 is 1.54 bits per heavy atom. The molecule has 1 aromatic rings. The number of methoxy groups -OCH3 is 1. The predicted octanol–water partition coefficient (Wildman–Crippen LogP) is 7.29. The van der Waals surface area contributed by atoms with Crippen molar-refractivity contribution in [3.8, 4) is 0 Å². The summed E-state index contributed by atoms with van der Waals surface area (Å²) in [7, 11) is -2.74. The molecule has 1 heterocycles. The smallest absolute Gasteiger partial charge is 0.377 e. The minimum absolute atomic E-state index is 0.0133. The minimum Gasteiger partial charge on any atom is -0.377 e. The standard InChI is InChI=1S/C27H50NO7PS/c1-3-4-5-6-7-8-9-10-11-12-13-14-15-16-17-25(29)22-33-23-26(32-2)24-35-36(30,31)34-20-18-27-28-19-21-37-27/h19,21,26H,3-18,20,22-24H2,1-2H3,(H,30,31). The number of ketones is 1. The van der Waals surface area contributed by atoms with Crippen molar-refractivity contribution in [3.63, 3.8) is 0 Å². The van der Waals surface area contributed by atoms with Crippen LogP contribution >= 0.6 is 19.2 Å². The molecule has 216 valence electrons. The van der Waals surface area contributed by atoms with Crippen LogP contribution in [-0.2, 0) is 34.3 Å². The van der Waals surface area contributed by atoms with Crippen molar-refractivity contribution in [2.75, 3.05) is 33.5 Å². The van der Waals surface area contributed by atoms with Gasteiger partial charge in [0.25, 0.3) is 0 Å². The number of ether oxygens (including phenoxy) is 2. The van der Waals surface area contributed by atoms with E-state index >= 15 is 0 Å². The number of carbonyl (C=O) groups is 1. The van der Waals surface area contributed by atoms with Gasteiger partial charge in [0.1, 0.15) is 12.7 Å². The molecule has 0 aliphatic rings. The van der Waals surface area contributed by atoms with Crippen molar-refractivity contribution >= 4 is 24.9 Å². The maximum absolute atomic E-state index is 12.1. The maximum atomic E-state index is 12.1. The summed E-state index contributed by atoms with van der Waals surface area (Å²) >= 11 is 1.45. The predicted molar refractivity (Wildman–Crippen MR) is 149 cm³/mol. The number of thiazole rings is 1. The molecule has 2 atom stereocenters. The summed E-state index contributed by atoms with van der Waals surface area (Å²) < 4.78 is 32.6. The summed E-state index contributed by atoms with van der Waals surface area (Å²) in [6.07, 6.45) is 20.1. The van der Waals surface area contributed by atoms with E-state index < -0.39 is 13.9 Å². The van der Waals surface area contributed by atoms with Crippen LogP contribution in [0.1, 0.15) is 108 Å². The second kappa shape index (κ2) is 23.2. The van der Waals surface area contributed by atoms with Crippen molar-refractivity contribution in [1.82, 2.24) is 4.98 Å². The molecule has 0 aliphatic carbocycles. The van der Waals surface area contributed by atoms with E-state index in [1.54, 1.807) is 6.20 Å². The Morgan fingerprint density at radius 3 is 2.08 bits per heavy atom. The number of aromatic nitrogens is 1. The third kappa shape index (κ3) is 20.9. The Kier molecular flexibility index (Phi) is 21.6. The second-order valence-electron chi connectivity index (χ2n) is 9.53. The van der Waals surface area contributed by atoms with E-state index in [0.717, 1.165) is 17.8 Å². The molecule has 0 bridgehead atoms. The summed E-state index contributed by atoms with van der Waals surface area (Å²) in [5.41, 5.74) is 0. The third-order valence-corrected chi connectivity index (χ3v) is 8.01. The van der Waals surface area contributed by atoms with Gasteiger partial charge in [0.05, 0.1) is 24.8 Å². The molecule has 0 aromatic carbocycles. The molecular formula is C27H50NO7PS. The highest BCUT2D eigenvalue weighted by molar-refractivity contribution is 7.47. The number of hydrogen-bond donors (Lipinski definition) is 1. The van der Waals surface area contributed by atoms with Gasteiger partial charge in [-0.3, -0.25) is 13.8 Å². The van der Waals surface area contributed by atoms with Crippen LogP contribution < -0.4 is 0 Å². The fraction of sp³-hybridized carbons (Fsp3) is 0.852. The van der Waals surface area contributed by atoms with Gasteiger partial charge >= 0.3 is 7.82 Å². The van der Waals surface area contributed by atoms with Gasteiger partial charge < -0.3 is 14.4 Å².